The highest BCUT2D eigenvalue weighted by molar-refractivity contribution is 6.04. The summed E-state index contributed by atoms with van der Waals surface area (Å²) in [5.41, 5.74) is 3.20. The van der Waals surface area contributed by atoms with Crippen LogP contribution >= 0.6 is 0 Å². The van der Waals surface area contributed by atoms with Crippen molar-refractivity contribution in [3.05, 3.63) is 58.9 Å². The number of carbonyl (C=O) groups excluding carboxylic acids is 2. The van der Waals surface area contributed by atoms with Gasteiger partial charge in [0.2, 0.25) is 0 Å². The number of carbonyl (C=O) groups is 2. The molecule has 2 atom stereocenters. The van der Waals surface area contributed by atoms with Crippen LogP contribution in [0, 0.1) is 22.6 Å². The molecule has 172 valence electrons. The SMILES string of the molecule is CC1(C)Cc2cc(-c3ccc(C[C@@H](C#N)NC(=O)[C@@H]4CNCCCO4)c(F)c3)ccc2C1=O. The molecule has 2 aromatic carbocycles. The van der Waals surface area contributed by atoms with E-state index in [1.54, 1.807) is 12.1 Å². The van der Waals surface area contributed by atoms with Gasteiger partial charge in [-0.25, -0.2) is 4.39 Å². The van der Waals surface area contributed by atoms with Gasteiger partial charge < -0.3 is 15.4 Å². The van der Waals surface area contributed by atoms with E-state index in [4.69, 9.17) is 4.74 Å². The fourth-order valence-electron chi connectivity index (χ4n) is 4.45. The lowest BCUT2D eigenvalue weighted by Gasteiger charge is -2.18. The molecule has 2 aromatic rings. The maximum absolute atomic E-state index is 14.9. The Bertz CT molecular complexity index is 1110. The quantitative estimate of drug-likeness (QED) is 0.732. The van der Waals surface area contributed by atoms with Crippen LogP contribution in [0.1, 0.15) is 41.8 Å². The third kappa shape index (κ3) is 4.97. The predicted octanol–water partition coefficient (Wildman–Crippen LogP) is 3.19. The van der Waals surface area contributed by atoms with Gasteiger partial charge in [0.15, 0.2) is 5.78 Å². The molecule has 1 heterocycles. The van der Waals surface area contributed by atoms with Crippen LogP contribution in [0.25, 0.3) is 11.1 Å². The Labute approximate surface area is 193 Å². The Kier molecular flexibility index (Phi) is 6.59. The monoisotopic (exact) mass is 449 g/mol. The number of ketones is 1. The van der Waals surface area contributed by atoms with Crippen molar-refractivity contribution in [3.63, 3.8) is 0 Å². The van der Waals surface area contributed by atoms with Crippen molar-refractivity contribution in [1.29, 1.82) is 5.26 Å². The molecule has 6 nitrogen and oxygen atoms in total. The number of Topliss-reactive ketones (excluding diaryl/α,β-unsaturated/α-hetero) is 1. The van der Waals surface area contributed by atoms with Crippen LogP contribution in [0.2, 0.25) is 0 Å². The number of halogens is 1. The van der Waals surface area contributed by atoms with Gasteiger partial charge in [0, 0.05) is 30.6 Å². The van der Waals surface area contributed by atoms with Crippen LogP contribution in [-0.4, -0.2) is 43.5 Å². The molecule has 0 spiro atoms. The predicted molar refractivity (Wildman–Crippen MR) is 122 cm³/mol. The molecule has 1 saturated heterocycles. The van der Waals surface area contributed by atoms with Gasteiger partial charge in [0.05, 0.1) is 6.07 Å². The summed E-state index contributed by atoms with van der Waals surface area (Å²) in [4.78, 5) is 24.9. The van der Waals surface area contributed by atoms with E-state index >= 15 is 0 Å². The molecule has 1 amide bonds. The number of rotatable bonds is 5. The van der Waals surface area contributed by atoms with E-state index < -0.39 is 23.4 Å². The molecule has 0 saturated carbocycles. The highest BCUT2D eigenvalue weighted by Gasteiger charge is 2.37. The van der Waals surface area contributed by atoms with E-state index in [1.807, 2.05) is 38.1 Å². The van der Waals surface area contributed by atoms with Crippen molar-refractivity contribution in [3.8, 4) is 17.2 Å². The summed E-state index contributed by atoms with van der Waals surface area (Å²) in [7, 11) is 0. The van der Waals surface area contributed by atoms with Gasteiger partial charge in [-0.15, -0.1) is 0 Å². The highest BCUT2D eigenvalue weighted by atomic mass is 19.1. The third-order valence-corrected chi connectivity index (χ3v) is 6.32. The maximum atomic E-state index is 14.9. The largest absolute Gasteiger partial charge is 0.367 e. The number of nitriles is 1. The molecule has 4 rings (SSSR count). The zero-order valence-corrected chi connectivity index (χ0v) is 18.9. The molecule has 1 fully saturated rings. The summed E-state index contributed by atoms with van der Waals surface area (Å²) < 4.78 is 20.4. The molecule has 1 aliphatic carbocycles. The number of amides is 1. The van der Waals surface area contributed by atoms with Gasteiger partial charge >= 0.3 is 0 Å². The van der Waals surface area contributed by atoms with Crippen LogP contribution < -0.4 is 10.6 Å². The van der Waals surface area contributed by atoms with Crippen LogP contribution in [0.3, 0.4) is 0 Å². The summed E-state index contributed by atoms with van der Waals surface area (Å²) >= 11 is 0. The van der Waals surface area contributed by atoms with Crippen molar-refractivity contribution in [2.45, 2.75) is 45.3 Å². The second-order valence-electron chi connectivity index (χ2n) is 9.38. The summed E-state index contributed by atoms with van der Waals surface area (Å²) in [6.07, 6.45) is 0.884. The first-order valence-corrected chi connectivity index (χ1v) is 11.3. The van der Waals surface area contributed by atoms with Crippen molar-refractivity contribution >= 4 is 11.7 Å². The van der Waals surface area contributed by atoms with E-state index in [2.05, 4.69) is 10.6 Å². The fraction of sp³-hybridized carbons (Fsp3) is 0.423. The Hall–Kier alpha value is -3.08. The van der Waals surface area contributed by atoms with Crippen molar-refractivity contribution < 1.29 is 18.7 Å². The number of hydrogen-bond acceptors (Lipinski definition) is 5. The van der Waals surface area contributed by atoms with E-state index in [-0.39, 0.29) is 18.1 Å². The Morgan fingerprint density at radius 1 is 1.30 bits per heavy atom. The summed E-state index contributed by atoms with van der Waals surface area (Å²) in [5.74, 6) is -0.671. The lowest BCUT2D eigenvalue weighted by atomic mass is 9.89. The third-order valence-electron chi connectivity index (χ3n) is 6.32. The average molecular weight is 450 g/mol. The second kappa shape index (κ2) is 9.42. The molecule has 0 bridgehead atoms. The number of nitrogens with zero attached hydrogens (tertiary/aromatic N) is 1. The standard InChI is InChI=1S/C26H28FN3O3/c1-26(2)13-19-10-16(6-7-21(19)24(26)31)17-4-5-18(22(27)12-17)11-20(14-28)30-25(32)23-15-29-8-3-9-33-23/h4-7,10,12,20,23,29H,3,8-9,11,13,15H2,1-2H3,(H,30,32)/t20-,23-/m0/s1. The number of benzene rings is 2. The zero-order valence-electron chi connectivity index (χ0n) is 18.9. The van der Waals surface area contributed by atoms with Crippen LogP contribution in [0.4, 0.5) is 4.39 Å². The Balaban J connectivity index is 1.46. The van der Waals surface area contributed by atoms with E-state index in [9.17, 15) is 19.2 Å². The minimum atomic E-state index is -0.863. The number of fused-ring (bicyclic) bond motifs is 1. The van der Waals surface area contributed by atoms with E-state index in [0.29, 0.717) is 30.7 Å². The van der Waals surface area contributed by atoms with Crippen LogP contribution in [0.15, 0.2) is 36.4 Å². The molecule has 0 unspecified atom stereocenters. The first-order chi connectivity index (χ1) is 15.8. The Morgan fingerprint density at radius 3 is 2.82 bits per heavy atom. The number of ether oxygens (including phenoxy) is 1. The minimum absolute atomic E-state index is 0.0569. The van der Waals surface area contributed by atoms with Gasteiger partial charge in [0.25, 0.3) is 5.91 Å². The second-order valence-corrected chi connectivity index (χ2v) is 9.38. The highest BCUT2D eigenvalue weighted by Crippen LogP contribution is 2.38. The summed E-state index contributed by atoms with van der Waals surface area (Å²) in [6.45, 7) is 5.52. The van der Waals surface area contributed by atoms with Crippen LogP contribution in [-0.2, 0) is 22.4 Å². The number of hydrogen-bond donors (Lipinski definition) is 2. The summed E-state index contributed by atoms with van der Waals surface area (Å²) in [5, 5.41) is 15.3. The lowest BCUT2D eigenvalue weighted by Crippen LogP contribution is -2.46. The molecule has 2 aliphatic rings. The van der Waals surface area contributed by atoms with E-state index in [1.165, 1.54) is 6.07 Å². The maximum Gasteiger partial charge on any atom is 0.251 e. The molecule has 33 heavy (non-hydrogen) atoms. The minimum Gasteiger partial charge on any atom is -0.367 e. The van der Waals surface area contributed by atoms with Crippen molar-refractivity contribution in [2.75, 3.05) is 19.7 Å². The molecule has 7 heteroatoms. The van der Waals surface area contributed by atoms with Gasteiger partial charge in [-0.1, -0.05) is 44.2 Å². The first kappa shape index (κ1) is 23.1. The molecule has 1 aliphatic heterocycles. The average Bonchev–Trinajstić information content (AvgIpc) is 2.97. The topological polar surface area (TPSA) is 91.2 Å². The van der Waals surface area contributed by atoms with Crippen molar-refractivity contribution in [2.24, 2.45) is 5.41 Å². The zero-order chi connectivity index (χ0) is 23.6. The Morgan fingerprint density at radius 2 is 2.06 bits per heavy atom. The van der Waals surface area contributed by atoms with Crippen molar-refractivity contribution in [1.82, 2.24) is 10.6 Å². The smallest absolute Gasteiger partial charge is 0.251 e. The van der Waals surface area contributed by atoms with E-state index in [0.717, 1.165) is 29.7 Å². The molecule has 0 aromatic heterocycles. The van der Waals surface area contributed by atoms with Gasteiger partial charge in [-0.05, 0) is 47.7 Å². The number of nitrogens with one attached hydrogen (secondary N) is 2. The molecule has 0 radical (unpaired) electrons. The first-order valence-electron chi connectivity index (χ1n) is 11.3. The molecular weight excluding hydrogens is 421 g/mol. The molecule has 2 N–H and O–H groups in total. The lowest BCUT2D eigenvalue weighted by molar-refractivity contribution is -0.132. The van der Waals surface area contributed by atoms with Gasteiger partial charge in [-0.3, -0.25) is 9.59 Å². The molecular formula is C26H28FN3O3. The fourth-order valence-corrected chi connectivity index (χ4v) is 4.45. The normalized spacial score (nSPS) is 20.4. The summed E-state index contributed by atoms with van der Waals surface area (Å²) in [6, 6.07) is 11.7. The van der Waals surface area contributed by atoms with Gasteiger partial charge in [-0.2, -0.15) is 5.26 Å². The van der Waals surface area contributed by atoms with Gasteiger partial charge in [0.1, 0.15) is 18.0 Å². The van der Waals surface area contributed by atoms with Crippen LogP contribution in [0.5, 0.6) is 0 Å².